The highest BCUT2D eigenvalue weighted by Crippen LogP contribution is 2.20. The first-order valence-electron chi connectivity index (χ1n) is 7.23. The van der Waals surface area contributed by atoms with Gasteiger partial charge in [0.05, 0.1) is 13.5 Å². The summed E-state index contributed by atoms with van der Waals surface area (Å²) in [4.78, 5) is 12.0. The van der Waals surface area contributed by atoms with Crippen molar-refractivity contribution in [2.24, 2.45) is 0 Å². The number of rotatable bonds is 6. The van der Waals surface area contributed by atoms with Gasteiger partial charge in [-0.25, -0.2) is 0 Å². The lowest BCUT2D eigenvalue weighted by atomic mass is 10.1. The van der Waals surface area contributed by atoms with E-state index in [9.17, 15) is 4.79 Å². The highest BCUT2D eigenvalue weighted by Gasteiger charge is 2.08. The summed E-state index contributed by atoms with van der Waals surface area (Å²) in [5.74, 6) is 0.747. The van der Waals surface area contributed by atoms with Crippen molar-refractivity contribution in [2.75, 3.05) is 13.7 Å². The average molecular weight is 318 g/mol. The maximum atomic E-state index is 12.0. The molecule has 3 nitrogen and oxygen atoms in total. The minimum atomic E-state index is -0.00198. The fraction of sp³-hybridized carbons (Fsp3) is 0.278. The molecule has 0 heterocycles. The third kappa shape index (κ3) is 4.78. The third-order valence-corrected chi connectivity index (χ3v) is 3.69. The number of methoxy groups -OCH3 is 1. The molecule has 0 saturated heterocycles. The molecule has 0 spiro atoms. The number of carbonyl (C=O) groups is 1. The minimum Gasteiger partial charge on any atom is -0.496 e. The summed E-state index contributed by atoms with van der Waals surface area (Å²) in [6.07, 6.45) is 1.11. The predicted octanol–water partition coefficient (Wildman–Crippen LogP) is 3.56. The second-order valence-electron chi connectivity index (χ2n) is 5.22. The van der Waals surface area contributed by atoms with Crippen LogP contribution in [-0.2, 0) is 17.6 Å². The van der Waals surface area contributed by atoms with Gasteiger partial charge in [0.15, 0.2) is 0 Å². The topological polar surface area (TPSA) is 38.3 Å². The number of hydrogen-bond donors (Lipinski definition) is 1. The summed E-state index contributed by atoms with van der Waals surface area (Å²) in [6, 6.07) is 13.5. The van der Waals surface area contributed by atoms with Crippen molar-refractivity contribution in [3.05, 3.63) is 64.2 Å². The Kier molecular flexibility index (Phi) is 5.84. The molecule has 22 heavy (non-hydrogen) atoms. The fourth-order valence-electron chi connectivity index (χ4n) is 2.28. The Bertz CT molecular complexity index is 638. The van der Waals surface area contributed by atoms with E-state index in [1.165, 1.54) is 0 Å². The smallest absolute Gasteiger partial charge is 0.224 e. The molecule has 1 N–H and O–H groups in total. The maximum absolute atomic E-state index is 12.0. The number of nitrogens with one attached hydrogen (secondary N) is 1. The molecule has 0 radical (unpaired) electrons. The van der Waals surface area contributed by atoms with Gasteiger partial charge in [-0.05, 0) is 37.1 Å². The lowest BCUT2D eigenvalue weighted by molar-refractivity contribution is -0.120. The number of benzene rings is 2. The molecular formula is C18H20ClNO2. The van der Waals surface area contributed by atoms with E-state index in [-0.39, 0.29) is 5.91 Å². The van der Waals surface area contributed by atoms with Crippen LogP contribution in [0.4, 0.5) is 0 Å². The van der Waals surface area contributed by atoms with Gasteiger partial charge in [-0.3, -0.25) is 4.79 Å². The molecule has 1 amide bonds. The molecule has 2 aromatic carbocycles. The summed E-state index contributed by atoms with van der Waals surface area (Å²) in [5, 5.41) is 3.66. The minimum absolute atomic E-state index is 0.00198. The number of carbonyl (C=O) groups excluding carboxylic acids is 1. The van der Waals surface area contributed by atoms with Crippen LogP contribution in [0.25, 0.3) is 0 Å². The standard InChI is InChI=1S/C18H20ClNO2/c1-13-3-8-17(22-2)15(11-13)12-18(21)20-10-9-14-4-6-16(19)7-5-14/h3-8,11H,9-10,12H2,1-2H3,(H,20,21). The molecular weight excluding hydrogens is 298 g/mol. The van der Waals surface area contributed by atoms with Crippen LogP contribution in [0.2, 0.25) is 5.02 Å². The van der Waals surface area contributed by atoms with Gasteiger partial charge < -0.3 is 10.1 Å². The summed E-state index contributed by atoms with van der Waals surface area (Å²) >= 11 is 5.85. The number of ether oxygens (including phenoxy) is 1. The first kappa shape index (κ1) is 16.4. The second-order valence-corrected chi connectivity index (χ2v) is 5.65. The predicted molar refractivity (Wildman–Crippen MR) is 89.6 cm³/mol. The molecule has 0 fully saturated rings. The van der Waals surface area contributed by atoms with Crippen molar-refractivity contribution in [1.29, 1.82) is 0 Å². The Balaban J connectivity index is 1.85. The highest BCUT2D eigenvalue weighted by atomic mass is 35.5. The van der Waals surface area contributed by atoms with E-state index in [2.05, 4.69) is 5.32 Å². The van der Waals surface area contributed by atoms with Gasteiger partial charge in [0, 0.05) is 17.1 Å². The van der Waals surface area contributed by atoms with Crippen molar-refractivity contribution >= 4 is 17.5 Å². The molecule has 0 aliphatic heterocycles. The number of aryl methyl sites for hydroxylation is 1. The van der Waals surface area contributed by atoms with Crippen molar-refractivity contribution < 1.29 is 9.53 Å². The molecule has 0 saturated carbocycles. The van der Waals surface area contributed by atoms with Gasteiger partial charge in [-0.1, -0.05) is 41.4 Å². The van der Waals surface area contributed by atoms with Crippen molar-refractivity contribution in [2.45, 2.75) is 19.8 Å². The fourth-order valence-corrected chi connectivity index (χ4v) is 2.40. The van der Waals surface area contributed by atoms with Crippen LogP contribution in [0, 0.1) is 6.92 Å². The Hall–Kier alpha value is -2.00. The molecule has 0 aliphatic carbocycles. The van der Waals surface area contributed by atoms with Gasteiger partial charge in [0.25, 0.3) is 0 Å². The average Bonchev–Trinajstić information content (AvgIpc) is 2.49. The lowest BCUT2D eigenvalue weighted by Gasteiger charge is -2.10. The normalized spacial score (nSPS) is 10.3. The Morgan fingerprint density at radius 3 is 2.59 bits per heavy atom. The van der Waals surface area contributed by atoms with Crippen LogP contribution >= 0.6 is 11.6 Å². The first-order valence-corrected chi connectivity index (χ1v) is 7.61. The van der Waals surface area contributed by atoms with E-state index in [0.29, 0.717) is 13.0 Å². The Morgan fingerprint density at radius 2 is 1.91 bits per heavy atom. The largest absolute Gasteiger partial charge is 0.496 e. The molecule has 0 aromatic heterocycles. The zero-order chi connectivity index (χ0) is 15.9. The van der Waals surface area contributed by atoms with E-state index in [1.807, 2.05) is 49.4 Å². The summed E-state index contributed by atoms with van der Waals surface area (Å²) in [5.41, 5.74) is 3.18. The Labute approximate surface area is 136 Å². The highest BCUT2D eigenvalue weighted by molar-refractivity contribution is 6.30. The summed E-state index contributed by atoms with van der Waals surface area (Å²) in [6.45, 7) is 2.61. The van der Waals surface area contributed by atoms with Crippen LogP contribution in [0.1, 0.15) is 16.7 Å². The molecule has 4 heteroatoms. The van der Waals surface area contributed by atoms with Crippen LogP contribution in [0.15, 0.2) is 42.5 Å². The van der Waals surface area contributed by atoms with Gasteiger partial charge in [-0.15, -0.1) is 0 Å². The Morgan fingerprint density at radius 1 is 1.18 bits per heavy atom. The number of amides is 1. The van der Waals surface area contributed by atoms with Crippen LogP contribution in [0.3, 0.4) is 0 Å². The molecule has 0 atom stereocenters. The maximum Gasteiger partial charge on any atom is 0.224 e. The van der Waals surface area contributed by atoms with Gasteiger partial charge in [0.1, 0.15) is 5.75 Å². The van der Waals surface area contributed by atoms with Gasteiger partial charge in [-0.2, -0.15) is 0 Å². The summed E-state index contributed by atoms with van der Waals surface area (Å²) in [7, 11) is 1.62. The molecule has 0 bridgehead atoms. The third-order valence-electron chi connectivity index (χ3n) is 3.44. The monoisotopic (exact) mass is 317 g/mol. The van der Waals surface area contributed by atoms with E-state index < -0.39 is 0 Å². The second kappa shape index (κ2) is 7.85. The van der Waals surface area contributed by atoms with Gasteiger partial charge >= 0.3 is 0 Å². The van der Waals surface area contributed by atoms with Crippen LogP contribution < -0.4 is 10.1 Å². The number of hydrogen-bond acceptors (Lipinski definition) is 2. The summed E-state index contributed by atoms with van der Waals surface area (Å²) < 4.78 is 5.29. The van der Waals surface area contributed by atoms with E-state index in [0.717, 1.165) is 33.9 Å². The molecule has 116 valence electrons. The van der Waals surface area contributed by atoms with Crippen LogP contribution in [0.5, 0.6) is 5.75 Å². The van der Waals surface area contributed by atoms with Crippen molar-refractivity contribution in [3.8, 4) is 5.75 Å². The van der Waals surface area contributed by atoms with Crippen molar-refractivity contribution in [1.82, 2.24) is 5.32 Å². The molecule has 0 aliphatic rings. The number of halogens is 1. The lowest BCUT2D eigenvalue weighted by Crippen LogP contribution is -2.27. The zero-order valence-electron chi connectivity index (χ0n) is 12.9. The molecule has 0 unspecified atom stereocenters. The zero-order valence-corrected chi connectivity index (χ0v) is 13.6. The van der Waals surface area contributed by atoms with E-state index in [1.54, 1.807) is 7.11 Å². The van der Waals surface area contributed by atoms with E-state index >= 15 is 0 Å². The van der Waals surface area contributed by atoms with Crippen molar-refractivity contribution in [3.63, 3.8) is 0 Å². The first-order chi connectivity index (χ1) is 10.6. The van der Waals surface area contributed by atoms with Gasteiger partial charge in [0.2, 0.25) is 5.91 Å². The molecule has 2 rings (SSSR count). The van der Waals surface area contributed by atoms with E-state index in [4.69, 9.17) is 16.3 Å². The molecule has 2 aromatic rings. The quantitative estimate of drug-likeness (QED) is 0.884. The SMILES string of the molecule is COc1ccc(C)cc1CC(=O)NCCc1ccc(Cl)cc1. The van der Waals surface area contributed by atoms with Crippen LogP contribution in [-0.4, -0.2) is 19.6 Å².